The van der Waals surface area contributed by atoms with E-state index in [9.17, 15) is 18.4 Å². The summed E-state index contributed by atoms with van der Waals surface area (Å²) < 4.78 is 35.4. The highest BCUT2D eigenvalue weighted by atomic mass is 19.3. The Morgan fingerprint density at radius 3 is 2.46 bits per heavy atom. The lowest BCUT2D eigenvalue weighted by atomic mass is 9.92. The molecule has 28 heavy (non-hydrogen) atoms. The van der Waals surface area contributed by atoms with Crippen LogP contribution >= 0.6 is 0 Å². The molecule has 0 radical (unpaired) electrons. The van der Waals surface area contributed by atoms with E-state index in [4.69, 9.17) is 4.74 Å². The van der Waals surface area contributed by atoms with Crippen LogP contribution in [0.3, 0.4) is 0 Å². The van der Waals surface area contributed by atoms with Crippen LogP contribution in [-0.2, 0) is 9.53 Å². The summed E-state index contributed by atoms with van der Waals surface area (Å²) in [6.45, 7) is -1.29. The van der Waals surface area contributed by atoms with Gasteiger partial charge in [0.25, 0.3) is 0 Å². The molecule has 1 heterocycles. The number of rotatable bonds is 6. The first-order valence-corrected chi connectivity index (χ1v) is 8.59. The zero-order valence-electron chi connectivity index (χ0n) is 14.9. The minimum Gasteiger partial charge on any atom is -0.463 e. The fraction of sp³-hybridized carbons (Fsp3) is 0.200. The molecule has 1 atom stereocenters. The molecule has 0 saturated carbocycles. The summed E-state index contributed by atoms with van der Waals surface area (Å²) in [5, 5.41) is 5.22. The topological polar surface area (TPSA) is 76.7 Å². The van der Waals surface area contributed by atoms with Gasteiger partial charge in [0.1, 0.15) is 5.75 Å². The van der Waals surface area contributed by atoms with Crippen LogP contribution in [0.15, 0.2) is 60.2 Å². The molecule has 6 nitrogen and oxygen atoms in total. The van der Waals surface area contributed by atoms with Crippen LogP contribution in [0.25, 0.3) is 5.70 Å². The van der Waals surface area contributed by atoms with Gasteiger partial charge < -0.3 is 20.1 Å². The number of carbonyl (C=O) groups excluding carboxylic acids is 2. The Morgan fingerprint density at radius 2 is 1.79 bits per heavy atom. The van der Waals surface area contributed by atoms with E-state index in [0.29, 0.717) is 5.56 Å². The highest BCUT2D eigenvalue weighted by molar-refractivity contribution is 6.04. The first kappa shape index (κ1) is 19.3. The van der Waals surface area contributed by atoms with Crippen molar-refractivity contribution in [3.63, 3.8) is 0 Å². The monoisotopic (exact) mass is 388 g/mol. The first-order valence-electron chi connectivity index (χ1n) is 8.59. The minimum atomic E-state index is -3.05. The smallest absolute Gasteiger partial charge is 0.387 e. The Morgan fingerprint density at radius 1 is 1.11 bits per heavy atom. The van der Waals surface area contributed by atoms with E-state index in [0.717, 1.165) is 0 Å². The van der Waals surface area contributed by atoms with Gasteiger partial charge in [-0.3, -0.25) is 0 Å². The Hall–Kier alpha value is -3.42. The molecule has 2 aromatic rings. The summed E-state index contributed by atoms with van der Waals surface area (Å²) in [7, 11) is 0. The molecular weight excluding hydrogens is 370 g/mol. The number of amides is 2. The molecule has 2 aromatic carbocycles. The number of halogens is 2. The maximum absolute atomic E-state index is 12.8. The molecule has 0 aliphatic carbocycles. The van der Waals surface area contributed by atoms with E-state index in [-0.39, 0.29) is 29.2 Å². The number of esters is 1. The zero-order valence-corrected chi connectivity index (χ0v) is 14.9. The molecule has 0 unspecified atom stereocenters. The summed E-state index contributed by atoms with van der Waals surface area (Å²) in [5.74, 6) is -0.815. The second kappa shape index (κ2) is 8.51. The highest BCUT2D eigenvalue weighted by Crippen LogP contribution is 2.36. The Balaban J connectivity index is 2.18. The van der Waals surface area contributed by atoms with Gasteiger partial charge in [-0.25, -0.2) is 9.59 Å². The maximum atomic E-state index is 12.8. The van der Waals surface area contributed by atoms with Gasteiger partial charge >= 0.3 is 18.6 Å². The number of hydrogen-bond donors (Lipinski definition) is 2. The van der Waals surface area contributed by atoms with E-state index in [1.165, 1.54) is 18.2 Å². The van der Waals surface area contributed by atoms with Crippen molar-refractivity contribution < 1.29 is 27.8 Å². The average molecular weight is 388 g/mol. The van der Waals surface area contributed by atoms with Crippen LogP contribution < -0.4 is 15.4 Å². The summed E-state index contributed by atoms with van der Waals surface area (Å²) in [4.78, 5) is 25.0. The Kier molecular flexibility index (Phi) is 5.88. The van der Waals surface area contributed by atoms with Crippen molar-refractivity contribution in [2.75, 3.05) is 6.61 Å². The summed E-state index contributed by atoms with van der Waals surface area (Å²) in [5.41, 5.74) is 1.14. The first-order chi connectivity index (χ1) is 13.5. The highest BCUT2D eigenvalue weighted by Gasteiger charge is 2.36. The molecule has 0 aromatic heterocycles. The van der Waals surface area contributed by atoms with Crippen LogP contribution in [-0.4, -0.2) is 25.2 Å². The van der Waals surface area contributed by atoms with Gasteiger partial charge in [-0.2, -0.15) is 8.78 Å². The second-order valence-electron chi connectivity index (χ2n) is 5.82. The van der Waals surface area contributed by atoms with Gasteiger partial charge in [0.2, 0.25) is 0 Å². The predicted octanol–water partition coefficient (Wildman–Crippen LogP) is 3.62. The number of benzene rings is 2. The van der Waals surface area contributed by atoms with Crippen molar-refractivity contribution in [1.82, 2.24) is 10.6 Å². The SMILES string of the molecule is CCOC(=O)C1=C(c2ccccc2)NC(=O)N[C@H]1c1ccccc1OC(F)F. The summed E-state index contributed by atoms with van der Waals surface area (Å²) >= 11 is 0. The number of nitrogens with one attached hydrogen (secondary N) is 2. The van der Waals surface area contributed by atoms with Crippen LogP contribution in [0.1, 0.15) is 24.1 Å². The standard InChI is InChI=1S/C20H18F2N2O4/c1-2-27-18(25)15-16(12-8-4-3-5-9-12)23-20(26)24-17(15)13-10-6-7-11-14(13)28-19(21)22/h3-11,17,19H,2H2,1H3,(H2,23,24,26)/t17-/m0/s1. The van der Waals surface area contributed by atoms with Crippen molar-refractivity contribution in [2.45, 2.75) is 19.6 Å². The molecule has 1 aliphatic rings. The third kappa shape index (κ3) is 4.11. The molecule has 8 heteroatoms. The lowest BCUT2D eigenvalue weighted by Gasteiger charge is -2.30. The number of alkyl halides is 2. The van der Waals surface area contributed by atoms with Crippen LogP contribution in [0.4, 0.5) is 13.6 Å². The number of para-hydroxylation sites is 1. The Labute approximate surface area is 160 Å². The molecule has 2 N–H and O–H groups in total. The van der Waals surface area contributed by atoms with E-state index in [2.05, 4.69) is 15.4 Å². The number of hydrogen-bond acceptors (Lipinski definition) is 4. The lowest BCUT2D eigenvalue weighted by Crippen LogP contribution is -2.45. The fourth-order valence-electron chi connectivity index (χ4n) is 2.98. The van der Waals surface area contributed by atoms with E-state index < -0.39 is 24.7 Å². The Bertz CT molecular complexity index is 900. The van der Waals surface area contributed by atoms with Gasteiger partial charge in [-0.15, -0.1) is 0 Å². The van der Waals surface area contributed by atoms with E-state index in [1.807, 2.05) is 0 Å². The average Bonchev–Trinajstić information content (AvgIpc) is 2.68. The third-order valence-corrected chi connectivity index (χ3v) is 4.08. The second-order valence-corrected chi connectivity index (χ2v) is 5.82. The minimum absolute atomic E-state index is 0.0953. The van der Waals surface area contributed by atoms with Gasteiger partial charge in [0, 0.05) is 5.56 Å². The maximum Gasteiger partial charge on any atom is 0.387 e. The van der Waals surface area contributed by atoms with Gasteiger partial charge in [-0.05, 0) is 18.6 Å². The number of carbonyl (C=O) groups is 2. The normalized spacial score (nSPS) is 16.4. The molecule has 0 bridgehead atoms. The number of urea groups is 1. The molecule has 1 aliphatic heterocycles. The van der Waals surface area contributed by atoms with Crippen LogP contribution in [0.5, 0.6) is 5.75 Å². The lowest BCUT2D eigenvalue weighted by molar-refractivity contribution is -0.138. The third-order valence-electron chi connectivity index (χ3n) is 4.08. The van der Waals surface area contributed by atoms with Gasteiger partial charge in [0.05, 0.1) is 23.9 Å². The zero-order chi connectivity index (χ0) is 20.1. The predicted molar refractivity (Wildman–Crippen MR) is 97.5 cm³/mol. The van der Waals surface area contributed by atoms with Crippen molar-refractivity contribution in [3.05, 3.63) is 71.3 Å². The van der Waals surface area contributed by atoms with Crippen molar-refractivity contribution in [1.29, 1.82) is 0 Å². The number of ether oxygens (including phenoxy) is 2. The van der Waals surface area contributed by atoms with Gasteiger partial charge in [-0.1, -0.05) is 48.5 Å². The largest absolute Gasteiger partial charge is 0.463 e. The van der Waals surface area contributed by atoms with Crippen molar-refractivity contribution in [3.8, 4) is 5.75 Å². The molecular formula is C20H18F2N2O4. The van der Waals surface area contributed by atoms with Gasteiger partial charge in [0.15, 0.2) is 0 Å². The molecule has 0 saturated heterocycles. The molecule has 0 spiro atoms. The van der Waals surface area contributed by atoms with Crippen LogP contribution in [0.2, 0.25) is 0 Å². The molecule has 3 rings (SSSR count). The summed E-state index contributed by atoms with van der Waals surface area (Å²) in [6, 6.07) is 13.1. The van der Waals surface area contributed by atoms with Crippen molar-refractivity contribution >= 4 is 17.7 Å². The van der Waals surface area contributed by atoms with Crippen molar-refractivity contribution in [2.24, 2.45) is 0 Å². The van der Waals surface area contributed by atoms with E-state index >= 15 is 0 Å². The molecule has 146 valence electrons. The fourth-order valence-corrected chi connectivity index (χ4v) is 2.98. The molecule has 2 amide bonds. The van der Waals surface area contributed by atoms with E-state index in [1.54, 1.807) is 43.3 Å². The molecule has 0 fully saturated rings. The summed E-state index contributed by atoms with van der Waals surface area (Å²) in [6.07, 6.45) is 0. The quantitative estimate of drug-likeness (QED) is 0.741. The van der Waals surface area contributed by atoms with Crippen LogP contribution in [0, 0.1) is 0 Å².